The van der Waals surface area contributed by atoms with Crippen molar-refractivity contribution in [1.29, 1.82) is 0 Å². The van der Waals surface area contributed by atoms with Crippen molar-refractivity contribution >= 4 is 64.7 Å². The number of sulfonamides is 1. The van der Waals surface area contributed by atoms with E-state index >= 15 is 0 Å². The summed E-state index contributed by atoms with van der Waals surface area (Å²) in [6, 6.07) is 37.7. The number of amides is 1. The quantitative estimate of drug-likeness (QED) is 0.0466. The third-order valence-electron chi connectivity index (χ3n) is 13.4. The molecule has 16 heteroatoms. The highest BCUT2D eigenvalue weighted by Crippen LogP contribution is 2.46. The highest BCUT2D eigenvalue weighted by molar-refractivity contribution is 7.99. The molecule has 2 aliphatic heterocycles. The van der Waals surface area contributed by atoms with Gasteiger partial charge in [0.1, 0.15) is 5.69 Å². The summed E-state index contributed by atoms with van der Waals surface area (Å²) >= 11 is 7.98. The van der Waals surface area contributed by atoms with Crippen molar-refractivity contribution in [3.63, 3.8) is 0 Å². The maximum Gasteiger partial charge on any atom is 0.340 e. The Morgan fingerprint density at radius 2 is 1.56 bits per heavy atom. The van der Waals surface area contributed by atoms with Gasteiger partial charge in [-0.3, -0.25) is 9.69 Å². The minimum Gasteiger partial charge on any atom is -0.410 e. The van der Waals surface area contributed by atoms with Crippen molar-refractivity contribution in [3.8, 4) is 11.1 Å². The van der Waals surface area contributed by atoms with Crippen LogP contribution in [-0.4, -0.2) is 97.3 Å². The molecule has 5 aromatic carbocycles. The maximum atomic E-state index is 13.8. The van der Waals surface area contributed by atoms with E-state index in [2.05, 4.69) is 102 Å². The van der Waals surface area contributed by atoms with Crippen LogP contribution in [-0.2, 0) is 24.0 Å². The number of hydrogen-bond acceptors (Lipinski definition) is 11. The predicted octanol–water partition coefficient (Wildman–Crippen LogP) is 11.4. The van der Waals surface area contributed by atoms with Crippen LogP contribution in [0.15, 0.2) is 131 Å². The van der Waals surface area contributed by atoms with Gasteiger partial charge >= 0.3 is 5.69 Å². The standard InChI is InChI=1S/C52H64ClN5O7S2Si/c1-52(2,3)68(5,6)65-50(47-15-11-10-14-46(47)38-16-20-41(53)21-17-38)39-26-30-57(31-27-39)43-22-18-40(19-23-43)51(59)55-67(61,62)45-24-25-48(49(36-45)58(60)63-4)54-42(28-29-56-32-34-64-35-33-56)37-66-44-12-8-7-9-13-44/h7-25,36,39,42,50H,26-35,37H2,1-6H3,(H-,54,55,59,60)/p+1. The van der Waals surface area contributed by atoms with Crippen molar-refractivity contribution in [2.45, 2.75) is 80.1 Å². The first kappa shape index (κ1) is 51.1. The summed E-state index contributed by atoms with van der Waals surface area (Å²) in [5.74, 6) is 0.184. The second-order valence-corrected chi connectivity index (χ2v) is 27.0. The molecule has 2 unspecified atom stereocenters. The Hall–Kier alpha value is -4.74. The van der Waals surface area contributed by atoms with Crippen molar-refractivity contribution < 1.29 is 32.1 Å². The van der Waals surface area contributed by atoms with Gasteiger partial charge in [-0.05, 0) is 121 Å². The number of rotatable bonds is 19. The van der Waals surface area contributed by atoms with Crippen LogP contribution in [0.3, 0.4) is 0 Å². The molecule has 2 aliphatic rings. The van der Waals surface area contributed by atoms with E-state index in [0.717, 1.165) is 73.7 Å². The van der Waals surface area contributed by atoms with Gasteiger partial charge in [-0.1, -0.05) is 87.0 Å². The fourth-order valence-corrected chi connectivity index (χ4v) is 11.8. The number of nitrogens with one attached hydrogen (secondary N) is 2. The summed E-state index contributed by atoms with van der Waals surface area (Å²) < 4.78 is 42.6. The SMILES string of the molecule is CO[N+](=O)c1cc(S(=O)(=O)NC(=O)c2ccc(N3CCC(C(O[Si](C)(C)C(C)(C)C)c4ccccc4-c4ccc(Cl)cc4)CC3)cc2)ccc1NC(CCN1CCOCC1)CSc1ccccc1. The van der Waals surface area contributed by atoms with Crippen LogP contribution in [0.5, 0.6) is 0 Å². The number of thioether (sulfide) groups is 1. The van der Waals surface area contributed by atoms with Gasteiger partial charge in [0.25, 0.3) is 20.9 Å². The Kier molecular flexibility index (Phi) is 17.1. The molecule has 12 nitrogen and oxygen atoms in total. The lowest BCUT2D eigenvalue weighted by Crippen LogP contribution is -2.45. The lowest BCUT2D eigenvalue weighted by Gasteiger charge is -2.44. The largest absolute Gasteiger partial charge is 0.410 e. The zero-order valence-electron chi connectivity index (χ0n) is 40.0. The van der Waals surface area contributed by atoms with E-state index < -0.39 is 24.2 Å². The summed E-state index contributed by atoms with van der Waals surface area (Å²) in [7, 11) is -5.37. The molecular formula is C52H65ClN5O7S2Si+. The van der Waals surface area contributed by atoms with Gasteiger partial charge < -0.3 is 19.4 Å². The summed E-state index contributed by atoms with van der Waals surface area (Å²) in [4.78, 5) is 37.5. The maximum absolute atomic E-state index is 13.8. The highest BCUT2D eigenvalue weighted by atomic mass is 35.5. The Morgan fingerprint density at radius 1 is 0.897 bits per heavy atom. The van der Waals surface area contributed by atoms with E-state index in [9.17, 15) is 18.1 Å². The average Bonchev–Trinajstić information content (AvgIpc) is 3.34. The third kappa shape index (κ3) is 13.1. The van der Waals surface area contributed by atoms with E-state index in [0.29, 0.717) is 29.7 Å². The fourth-order valence-electron chi connectivity index (χ4n) is 8.41. The van der Waals surface area contributed by atoms with E-state index in [1.54, 1.807) is 30.0 Å². The van der Waals surface area contributed by atoms with Crippen LogP contribution < -0.4 is 14.9 Å². The molecule has 0 bridgehead atoms. The first-order valence-electron chi connectivity index (χ1n) is 23.4. The lowest BCUT2D eigenvalue weighted by atomic mass is 9.84. The summed E-state index contributed by atoms with van der Waals surface area (Å²) in [6.07, 6.45) is 2.47. The zero-order chi connectivity index (χ0) is 48.5. The molecule has 0 saturated carbocycles. The molecule has 5 aromatic rings. The van der Waals surface area contributed by atoms with Crippen LogP contribution in [0.4, 0.5) is 17.1 Å². The molecule has 2 N–H and O–H groups in total. The normalized spacial score (nSPS) is 16.2. The molecule has 2 atom stereocenters. The van der Waals surface area contributed by atoms with Crippen molar-refractivity contribution in [2.24, 2.45) is 5.92 Å². The third-order valence-corrected chi connectivity index (χ3v) is 20.6. The van der Waals surface area contributed by atoms with E-state index in [1.165, 1.54) is 24.8 Å². The van der Waals surface area contributed by atoms with Crippen LogP contribution in [0.2, 0.25) is 23.2 Å². The number of nitrogens with zero attached hydrogens (tertiary/aromatic N) is 3. The van der Waals surface area contributed by atoms with E-state index in [-0.39, 0.29) is 44.2 Å². The molecule has 68 heavy (non-hydrogen) atoms. The summed E-state index contributed by atoms with van der Waals surface area (Å²) in [5, 5.41) is 4.22. The van der Waals surface area contributed by atoms with Crippen LogP contribution in [0, 0.1) is 10.8 Å². The Morgan fingerprint density at radius 3 is 2.22 bits per heavy atom. The minimum absolute atomic E-state index is 0.0251. The van der Waals surface area contributed by atoms with E-state index in [1.807, 2.05) is 42.5 Å². The molecule has 0 spiro atoms. The predicted molar refractivity (Wildman–Crippen MR) is 277 cm³/mol. The van der Waals surface area contributed by atoms with Crippen molar-refractivity contribution in [1.82, 2.24) is 9.62 Å². The number of morpholine rings is 1. The van der Waals surface area contributed by atoms with Gasteiger partial charge in [-0.15, -0.1) is 11.8 Å². The van der Waals surface area contributed by atoms with Crippen LogP contribution in [0.1, 0.15) is 62.1 Å². The number of carbonyl (C=O) groups excluding carboxylic acids is 1. The average molecular weight is 1000 g/mol. The molecule has 2 saturated heterocycles. The monoisotopic (exact) mass is 998 g/mol. The van der Waals surface area contributed by atoms with Crippen LogP contribution in [0.25, 0.3) is 11.1 Å². The number of piperidine rings is 1. The number of anilines is 2. The molecule has 7 rings (SSSR count). The molecular weight excluding hydrogens is 934 g/mol. The topological polar surface area (TPSA) is 130 Å². The second-order valence-electron chi connectivity index (χ2n) is 19.0. The van der Waals surface area contributed by atoms with Crippen molar-refractivity contribution in [3.05, 3.63) is 142 Å². The number of hydrogen-bond donors (Lipinski definition) is 2. The van der Waals surface area contributed by atoms with Gasteiger partial charge in [0.15, 0.2) is 15.4 Å². The van der Waals surface area contributed by atoms with Crippen LogP contribution >= 0.6 is 23.4 Å². The lowest BCUT2D eigenvalue weighted by molar-refractivity contribution is -0.736. The molecule has 362 valence electrons. The molecule has 0 aromatic heterocycles. The Balaban J connectivity index is 1.02. The fraction of sp³-hybridized carbons (Fsp3) is 0.404. The van der Waals surface area contributed by atoms with Gasteiger partial charge in [-0.25, -0.2) is 18.0 Å². The van der Waals surface area contributed by atoms with Gasteiger partial charge in [0.05, 0.1) is 29.1 Å². The number of carbonyl (C=O) groups is 1. The van der Waals surface area contributed by atoms with Gasteiger partial charge in [0.2, 0.25) is 0 Å². The summed E-state index contributed by atoms with van der Waals surface area (Å²) in [5.41, 5.74) is 4.96. The Labute approximate surface area is 412 Å². The number of halogens is 1. The van der Waals surface area contributed by atoms with Gasteiger partial charge in [-0.2, -0.15) is 0 Å². The number of ether oxygens (including phenoxy) is 1. The summed E-state index contributed by atoms with van der Waals surface area (Å²) in [6.45, 7) is 16.9. The van der Waals surface area contributed by atoms with Crippen molar-refractivity contribution in [2.75, 3.05) is 69.0 Å². The molecule has 0 radical (unpaired) electrons. The molecule has 2 fully saturated rings. The van der Waals surface area contributed by atoms with Gasteiger partial charge in [0, 0.05) is 71.8 Å². The first-order chi connectivity index (χ1) is 32.5. The smallest absolute Gasteiger partial charge is 0.340 e. The first-order valence-corrected chi connectivity index (χ1v) is 29.1. The molecule has 0 aliphatic carbocycles. The minimum atomic E-state index is -4.40. The Bertz CT molecular complexity index is 2590. The number of benzene rings is 5. The molecule has 2 heterocycles. The second kappa shape index (κ2) is 22.8. The zero-order valence-corrected chi connectivity index (χ0v) is 43.3. The molecule has 1 amide bonds. The van der Waals surface area contributed by atoms with E-state index in [4.69, 9.17) is 25.6 Å². The highest BCUT2D eigenvalue weighted by Gasteiger charge is 2.42.